The van der Waals surface area contributed by atoms with Gasteiger partial charge in [-0.3, -0.25) is 4.79 Å². The zero-order chi connectivity index (χ0) is 13.7. The largest absolute Gasteiger partial charge is 0.353 e. The van der Waals surface area contributed by atoms with Gasteiger partial charge in [-0.15, -0.1) is 0 Å². The van der Waals surface area contributed by atoms with Gasteiger partial charge in [-0.05, 0) is 57.9 Å². The van der Waals surface area contributed by atoms with E-state index in [1.807, 2.05) is 0 Å². The predicted octanol–water partition coefficient (Wildman–Crippen LogP) is 2.85. The highest BCUT2D eigenvalue weighted by molar-refractivity contribution is 5.79. The Morgan fingerprint density at radius 1 is 1.21 bits per heavy atom. The minimum Gasteiger partial charge on any atom is -0.353 e. The Kier molecular flexibility index (Phi) is 5.68. The minimum atomic E-state index is 0.240. The highest BCUT2D eigenvalue weighted by Gasteiger charge is 2.28. The van der Waals surface area contributed by atoms with Crippen LogP contribution in [0.25, 0.3) is 0 Å². The molecule has 19 heavy (non-hydrogen) atoms. The molecule has 0 aromatic rings. The number of hydrogen-bond donors (Lipinski definition) is 2. The van der Waals surface area contributed by atoms with Crippen LogP contribution in [0.2, 0.25) is 0 Å². The summed E-state index contributed by atoms with van der Waals surface area (Å²) in [6.07, 6.45) is 9.66. The third kappa shape index (κ3) is 4.48. The second-order valence-electron chi connectivity index (χ2n) is 6.59. The third-order valence-corrected chi connectivity index (χ3v) is 4.88. The van der Waals surface area contributed by atoms with Gasteiger partial charge in [-0.1, -0.05) is 19.8 Å². The summed E-state index contributed by atoms with van der Waals surface area (Å²) in [5, 5.41) is 6.72. The molecule has 1 heterocycles. The second kappa shape index (κ2) is 7.28. The first kappa shape index (κ1) is 14.8. The van der Waals surface area contributed by atoms with Gasteiger partial charge in [0.15, 0.2) is 0 Å². The van der Waals surface area contributed by atoms with Crippen LogP contribution in [0, 0.1) is 11.8 Å². The van der Waals surface area contributed by atoms with Crippen LogP contribution in [0.1, 0.15) is 65.2 Å². The zero-order valence-electron chi connectivity index (χ0n) is 12.6. The molecule has 1 aliphatic heterocycles. The lowest BCUT2D eigenvalue weighted by molar-refractivity contribution is -0.127. The molecule has 1 saturated carbocycles. The van der Waals surface area contributed by atoms with E-state index >= 15 is 0 Å². The van der Waals surface area contributed by atoms with Crippen molar-refractivity contribution in [2.24, 2.45) is 11.8 Å². The fraction of sp³-hybridized carbons (Fsp3) is 0.938. The van der Waals surface area contributed by atoms with Crippen LogP contribution in [-0.4, -0.2) is 24.5 Å². The Hall–Kier alpha value is -0.570. The number of carbonyl (C=O) groups excluding carboxylic acids is 1. The van der Waals surface area contributed by atoms with E-state index in [0.717, 1.165) is 25.3 Å². The maximum atomic E-state index is 12.3. The first-order valence-electron chi connectivity index (χ1n) is 8.22. The Balaban J connectivity index is 1.71. The maximum absolute atomic E-state index is 12.3. The van der Waals surface area contributed by atoms with E-state index in [-0.39, 0.29) is 5.92 Å². The molecule has 0 spiro atoms. The van der Waals surface area contributed by atoms with Crippen LogP contribution in [-0.2, 0) is 4.79 Å². The monoisotopic (exact) mass is 266 g/mol. The van der Waals surface area contributed by atoms with E-state index in [0.29, 0.717) is 18.0 Å². The van der Waals surface area contributed by atoms with E-state index in [1.165, 1.54) is 38.5 Å². The molecule has 2 rings (SSSR count). The summed E-state index contributed by atoms with van der Waals surface area (Å²) < 4.78 is 0. The van der Waals surface area contributed by atoms with Crippen LogP contribution >= 0.6 is 0 Å². The molecular formula is C16H30N2O. The molecule has 2 N–H and O–H groups in total. The highest BCUT2D eigenvalue weighted by atomic mass is 16.1. The summed E-state index contributed by atoms with van der Waals surface area (Å²) in [4.78, 5) is 12.3. The fourth-order valence-electron chi connectivity index (χ4n) is 3.69. The van der Waals surface area contributed by atoms with Gasteiger partial charge in [-0.25, -0.2) is 0 Å². The lowest BCUT2D eigenvalue weighted by atomic mass is 9.83. The van der Waals surface area contributed by atoms with Gasteiger partial charge in [0.2, 0.25) is 5.91 Å². The van der Waals surface area contributed by atoms with Crippen LogP contribution in [0.4, 0.5) is 0 Å². The number of rotatable bonds is 4. The molecule has 0 aromatic carbocycles. The molecule has 0 aromatic heterocycles. The van der Waals surface area contributed by atoms with Gasteiger partial charge in [0, 0.05) is 18.0 Å². The fourth-order valence-corrected chi connectivity index (χ4v) is 3.69. The van der Waals surface area contributed by atoms with Crippen molar-refractivity contribution in [2.75, 3.05) is 6.54 Å². The van der Waals surface area contributed by atoms with Crippen molar-refractivity contribution in [3.05, 3.63) is 0 Å². The van der Waals surface area contributed by atoms with Crippen LogP contribution in [0.15, 0.2) is 0 Å². The number of nitrogens with one attached hydrogen (secondary N) is 2. The molecule has 0 radical (unpaired) electrons. The zero-order valence-corrected chi connectivity index (χ0v) is 12.6. The van der Waals surface area contributed by atoms with Crippen molar-refractivity contribution in [2.45, 2.75) is 77.3 Å². The molecule has 2 fully saturated rings. The van der Waals surface area contributed by atoms with E-state index in [2.05, 4.69) is 24.5 Å². The summed E-state index contributed by atoms with van der Waals surface area (Å²) in [5.74, 6) is 1.47. The Morgan fingerprint density at radius 3 is 2.58 bits per heavy atom. The van der Waals surface area contributed by atoms with Crippen molar-refractivity contribution < 1.29 is 4.79 Å². The maximum Gasteiger partial charge on any atom is 0.223 e. The van der Waals surface area contributed by atoms with Crippen molar-refractivity contribution in [1.82, 2.24) is 10.6 Å². The van der Waals surface area contributed by atoms with E-state index in [4.69, 9.17) is 0 Å². The standard InChI is InChI=1S/C16H30N2O/c1-3-4-13-5-7-15(8-6-13)18-16(19)14-9-10-17-12(2)11-14/h12-15,17H,3-11H2,1-2H3,(H,18,19). The molecule has 1 saturated heterocycles. The molecule has 2 aliphatic rings. The number of hydrogen-bond acceptors (Lipinski definition) is 2. The molecule has 2 atom stereocenters. The van der Waals surface area contributed by atoms with Gasteiger partial charge >= 0.3 is 0 Å². The molecule has 3 heteroatoms. The van der Waals surface area contributed by atoms with Gasteiger partial charge in [0.1, 0.15) is 0 Å². The van der Waals surface area contributed by atoms with Gasteiger partial charge in [-0.2, -0.15) is 0 Å². The number of carbonyl (C=O) groups is 1. The molecule has 0 bridgehead atoms. The number of piperidine rings is 1. The normalized spacial score (nSPS) is 35.9. The SMILES string of the molecule is CCCC1CCC(NC(=O)C2CCNC(C)C2)CC1. The van der Waals surface area contributed by atoms with Gasteiger partial charge in [0.05, 0.1) is 0 Å². The van der Waals surface area contributed by atoms with Crippen molar-refractivity contribution in [3.8, 4) is 0 Å². The molecule has 2 unspecified atom stereocenters. The quantitative estimate of drug-likeness (QED) is 0.821. The summed E-state index contributed by atoms with van der Waals surface area (Å²) in [5.41, 5.74) is 0. The Labute approximate surface area is 117 Å². The molecule has 1 amide bonds. The molecular weight excluding hydrogens is 236 g/mol. The molecule has 1 aliphatic carbocycles. The highest BCUT2D eigenvalue weighted by Crippen LogP contribution is 2.28. The lowest BCUT2D eigenvalue weighted by Crippen LogP contribution is -2.46. The predicted molar refractivity (Wildman–Crippen MR) is 79.0 cm³/mol. The average Bonchev–Trinajstić information content (AvgIpc) is 2.41. The van der Waals surface area contributed by atoms with Crippen LogP contribution < -0.4 is 10.6 Å². The van der Waals surface area contributed by atoms with Crippen LogP contribution in [0.5, 0.6) is 0 Å². The molecule has 3 nitrogen and oxygen atoms in total. The second-order valence-corrected chi connectivity index (χ2v) is 6.59. The van der Waals surface area contributed by atoms with Crippen molar-refractivity contribution >= 4 is 5.91 Å². The van der Waals surface area contributed by atoms with Crippen LogP contribution in [0.3, 0.4) is 0 Å². The Morgan fingerprint density at radius 2 is 1.95 bits per heavy atom. The minimum absolute atomic E-state index is 0.240. The first-order valence-corrected chi connectivity index (χ1v) is 8.22. The molecule has 110 valence electrons. The topological polar surface area (TPSA) is 41.1 Å². The van der Waals surface area contributed by atoms with E-state index < -0.39 is 0 Å². The summed E-state index contributed by atoms with van der Waals surface area (Å²) in [7, 11) is 0. The van der Waals surface area contributed by atoms with Gasteiger partial charge in [0.25, 0.3) is 0 Å². The smallest absolute Gasteiger partial charge is 0.223 e. The van der Waals surface area contributed by atoms with E-state index in [1.54, 1.807) is 0 Å². The average molecular weight is 266 g/mol. The third-order valence-electron chi connectivity index (χ3n) is 4.88. The first-order chi connectivity index (χ1) is 9.19. The number of amides is 1. The summed E-state index contributed by atoms with van der Waals surface area (Å²) in [6.45, 7) is 5.43. The Bertz CT molecular complexity index is 284. The van der Waals surface area contributed by atoms with Crippen molar-refractivity contribution in [1.29, 1.82) is 0 Å². The van der Waals surface area contributed by atoms with Gasteiger partial charge < -0.3 is 10.6 Å². The van der Waals surface area contributed by atoms with Crippen molar-refractivity contribution in [3.63, 3.8) is 0 Å². The lowest BCUT2D eigenvalue weighted by Gasteiger charge is -2.32. The van der Waals surface area contributed by atoms with E-state index in [9.17, 15) is 4.79 Å². The summed E-state index contributed by atoms with van der Waals surface area (Å²) >= 11 is 0. The summed E-state index contributed by atoms with van der Waals surface area (Å²) in [6, 6.07) is 0.940.